The molecule has 0 aliphatic rings. The largest absolute Gasteiger partial charge is 0.379 e. The van der Waals surface area contributed by atoms with Crippen molar-refractivity contribution in [2.24, 2.45) is 5.73 Å². The van der Waals surface area contributed by atoms with Crippen molar-refractivity contribution < 1.29 is 28.1 Å². The number of aryl methyl sites for hydroxylation is 1. The highest BCUT2D eigenvalue weighted by Gasteiger charge is 2.14. The Labute approximate surface area is 217 Å². The summed E-state index contributed by atoms with van der Waals surface area (Å²) in [6.07, 6.45) is 0.678. The zero-order chi connectivity index (χ0) is 26.5. The van der Waals surface area contributed by atoms with Gasteiger partial charge in [-0.05, 0) is 36.8 Å². The Balaban J connectivity index is 1.30. The monoisotopic (exact) mass is 540 g/mol. The van der Waals surface area contributed by atoms with Gasteiger partial charge in [-0.3, -0.25) is 18.6 Å². The van der Waals surface area contributed by atoms with Gasteiger partial charge >= 0.3 is 0 Å². The molecule has 204 valence electrons. The number of benzene rings is 1. The Morgan fingerprint density at radius 1 is 1.05 bits per heavy atom. The number of rotatable bonds is 18. The van der Waals surface area contributed by atoms with Crippen molar-refractivity contribution in [3.8, 4) is 0 Å². The van der Waals surface area contributed by atoms with Gasteiger partial charge in [0.1, 0.15) is 5.82 Å². The Morgan fingerprint density at radius 3 is 2.38 bits per heavy atom. The second-order valence-electron chi connectivity index (χ2n) is 7.97. The molecule has 0 spiro atoms. The molecule has 0 bridgehead atoms. The van der Waals surface area contributed by atoms with Gasteiger partial charge in [0, 0.05) is 26.1 Å². The number of amides is 1. The van der Waals surface area contributed by atoms with E-state index in [4.69, 9.17) is 36.9 Å². The summed E-state index contributed by atoms with van der Waals surface area (Å²) >= 11 is 5.27. The van der Waals surface area contributed by atoms with Crippen LogP contribution in [0.2, 0.25) is 0 Å². The zero-order valence-electron chi connectivity index (χ0n) is 20.6. The minimum atomic E-state index is -0.513. The summed E-state index contributed by atoms with van der Waals surface area (Å²) in [6, 6.07) is 3.96. The molecule has 1 amide bonds. The SMILES string of the molecule is NCCOCCOCCOCCOCCC(=O)NCCCn1c(=O)c2cc(F)ccc2n2c(=S)[nH]nc12. The molecule has 0 unspecified atom stereocenters. The van der Waals surface area contributed by atoms with E-state index < -0.39 is 5.82 Å². The van der Waals surface area contributed by atoms with E-state index >= 15 is 0 Å². The molecule has 14 heteroatoms. The van der Waals surface area contributed by atoms with Gasteiger partial charge in [-0.1, -0.05) is 0 Å². The van der Waals surface area contributed by atoms with Gasteiger partial charge in [-0.15, -0.1) is 5.10 Å². The molecule has 0 fully saturated rings. The first-order chi connectivity index (χ1) is 18.0. The molecule has 0 aliphatic carbocycles. The molecular weight excluding hydrogens is 507 g/mol. The van der Waals surface area contributed by atoms with E-state index in [1.54, 1.807) is 4.40 Å². The van der Waals surface area contributed by atoms with Gasteiger partial charge in [-0.2, -0.15) is 0 Å². The van der Waals surface area contributed by atoms with Crippen LogP contribution in [-0.2, 0) is 30.3 Å². The first-order valence-electron chi connectivity index (χ1n) is 12.1. The van der Waals surface area contributed by atoms with Crippen LogP contribution in [0.15, 0.2) is 23.0 Å². The quantitative estimate of drug-likeness (QED) is 0.157. The number of ether oxygens (including phenoxy) is 4. The highest BCUT2D eigenvalue weighted by atomic mass is 32.1. The number of carbonyl (C=O) groups is 1. The number of hydrogen-bond acceptors (Lipinski definition) is 9. The van der Waals surface area contributed by atoms with Crippen molar-refractivity contribution in [2.45, 2.75) is 19.4 Å². The molecule has 0 atom stereocenters. The molecule has 0 saturated heterocycles. The van der Waals surface area contributed by atoms with E-state index in [0.29, 0.717) is 81.8 Å². The highest BCUT2D eigenvalue weighted by molar-refractivity contribution is 7.71. The van der Waals surface area contributed by atoms with Crippen molar-refractivity contribution >= 4 is 34.8 Å². The van der Waals surface area contributed by atoms with Crippen LogP contribution < -0.4 is 16.6 Å². The van der Waals surface area contributed by atoms with Crippen molar-refractivity contribution in [1.82, 2.24) is 24.5 Å². The highest BCUT2D eigenvalue weighted by Crippen LogP contribution is 2.15. The van der Waals surface area contributed by atoms with Gasteiger partial charge < -0.3 is 30.0 Å². The number of carbonyl (C=O) groups excluding carboxylic acids is 1. The lowest BCUT2D eigenvalue weighted by molar-refractivity contribution is -0.122. The van der Waals surface area contributed by atoms with Crippen LogP contribution in [0.4, 0.5) is 4.39 Å². The average molecular weight is 541 g/mol. The first-order valence-corrected chi connectivity index (χ1v) is 12.5. The zero-order valence-corrected chi connectivity index (χ0v) is 21.4. The predicted octanol–water partition coefficient (Wildman–Crippen LogP) is 0.767. The van der Waals surface area contributed by atoms with Gasteiger partial charge in [0.2, 0.25) is 16.5 Å². The third-order valence-electron chi connectivity index (χ3n) is 5.30. The maximum absolute atomic E-state index is 13.8. The minimum absolute atomic E-state index is 0.161. The maximum atomic E-state index is 13.8. The third-order valence-corrected chi connectivity index (χ3v) is 5.58. The Kier molecular flexibility index (Phi) is 12.1. The summed E-state index contributed by atoms with van der Waals surface area (Å²) in [5.41, 5.74) is 5.42. The smallest absolute Gasteiger partial charge is 0.262 e. The molecule has 0 saturated carbocycles. The molecule has 2 heterocycles. The number of hydrogen-bond donors (Lipinski definition) is 3. The number of nitrogens with one attached hydrogen (secondary N) is 2. The molecule has 3 aromatic rings. The fraction of sp³-hybridized carbons (Fsp3) is 0.565. The number of halogens is 1. The third kappa shape index (κ3) is 8.66. The molecule has 1 aromatic carbocycles. The number of H-pyrrole nitrogens is 1. The van der Waals surface area contributed by atoms with Gasteiger partial charge in [0.15, 0.2) is 0 Å². The minimum Gasteiger partial charge on any atom is -0.379 e. The van der Waals surface area contributed by atoms with Crippen LogP contribution in [0, 0.1) is 10.6 Å². The van der Waals surface area contributed by atoms with Crippen molar-refractivity contribution in [2.75, 3.05) is 65.9 Å². The van der Waals surface area contributed by atoms with Crippen molar-refractivity contribution in [3.05, 3.63) is 39.1 Å². The lowest BCUT2D eigenvalue weighted by Gasteiger charge is -2.11. The summed E-state index contributed by atoms with van der Waals surface area (Å²) in [6.45, 7) is 4.62. The second kappa shape index (κ2) is 15.5. The Bertz CT molecular complexity index is 1260. The van der Waals surface area contributed by atoms with Gasteiger partial charge in [0.05, 0.1) is 63.8 Å². The van der Waals surface area contributed by atoms with Crippen molar-refractivity contribution in [1.29, 1.82) is 0 Å². The summed E-state index contributed by atoms with van der Waals surface area (Å²) in [4.78, 5) is 25.0. The first kappa shape index (κ1) is 28.8. The molecule has 0 aliphatic heterocycles. The normalized spacial score (nSPS) is 11.5. The van der Waals surface area contributed by atoms with Crippen LogP contribution in [0.25, 0.3) is 16.7 Å². The number of fused-ring (bicyclic) bond motifs is 3. The van der Waals surface area contributed by atoms with E-state index in [1.165, 1.54) is 22.8 Å². The standard InChI is InChI=1S/C23H33FN6O6S/c24-17-2-3-19-18(16-17)21(32)29(22-27-28-23(37)30(19)22)7-1-6-26-20(31)4-8-33-10-12-35-14-15-36-13-11-34-9-5-25/h2-3,16H,1,4-15,25H2,(H,26,31)(H,28,37). The number of aromatic nitrogens is 4. The molecule has 0 radical (unpaired) electrons. The van der Waals surface area contributed by atoms with E-state index in [2.05, 4.69) is 15.5 Å². The summed E-state index contributed by atoms with van der Waals surface area (Å²) < 4.78 is 38.4. The maximum Gasteiger partial charge on any atom is 0.262 e. The fourth-order valence-electron chi connectivity index (χ4n) is 3.56. The van der Waals surface area contributed by atoms with E-state index in [1.807, 2.05) is 0 Å². The predicted molar refractivity (Wildman–Crippen MR) is 137 cm³/mol. The van der Waals surface area contributed by atoms with Crippen LogP contribution in [-0.4, -0.2) is 91.0 Å². The lowest BCUT2D eigenvalue weighted by Crippen LogP contribution is -2.29. The van der Waals surface area contributed by atoms with Crippen LogP contribution in [0.3, 0.4) is 0 Å². The fourth-order valence-corrected chi connectivity index (χ4v) is 3.79. The molecule has 4 N–H and O–H groups in total. The number of aromatic amines is 1. The molecule has 2 aromatic heterocycles. The van der Waals surface area contributed by atoms with Crippen LogP contribution in [0.5, 0.6) is 0 Å². The van der Waals surface area contributed by atoms with E-state index in [0.717, 1.165) is 0 Å². The van der Waals surface area contributed by atoms with Crippen LogP contribution in [0.1, 0.15) is 12.8 Å². The molecule has 37 heavy (non-hydrogen) atoms. The summed E-state index contributed by atoms with van der Waals surface area (Å²) in [5.74, 6) is -0.341. The molecule has 3 rings (SSSR count). The summed E-state index contributed by atoms with van der Waals surface area (Å²) in [5, 5.41) is 9.83. The van der Waals surface area contributed by atoms with Gasteiger partial charge in [0.25, 0.3) is 5.56 Å². The average Bonchev–Trinajstić information content (AvgIpc) is 3.27. The summed E-state index contributed by atoms with van der Waals surface area (Å²) in [7, 11) is 0. The molecular formula is C23H33FN6O6S. The Morgan fingerprint density at radius 2 is 1.70 bits per heavy atom. The number of nitrogens with zero attached hydrogens (tertiary/aromatic N) is 3. The van der Waals surface area contributed by atoms with E-state index in [-0.39, 0.29) is 36.4 Å². The second-order valence-corrected chi connectivity index (χ2v) is 8.36. The molecule has 12 nitrogen and oxygen atoms in total. The topological polar surface area (TPSA) is 147 Å². The van der Waals surface area contributed by atoms with Crippen molar-refractivity contribution in [3.63, 3.8) is 0 Å². The van der Waals surface area contributed by atoms with Crippen LogP contribution >= 0.6 is 12.2 Å². The van der Waals surface area contributed by atoms with Gasteiger partial charge in [-0.25, -0.2) is 9.49 Å². The van der Waals surface area contributed by atoms with E-state index in [9.17, 15) is 14.0 Å². The lowest BCUT2D eigenvalue weighted by atomic mass is 10.2. The number of nitrogens with two attached hydrogens (primary N) is 1. The Hall–Kier alpha value is -2.75.